The Morgan fingerprint density at radius 1 is 1.13 bits per heavy atom. The van der Waals surface area contributed by atoms with Crippen molar-refractivity contribution in [2.75, 3.05) is 0 Å². The van der Waals surface area contributed by atoms with Gasteiger partial charge in [0.25, 0.3) is 0 Å². The van der Waals surface area contributed by atoms with Crippen LogP contribution in [0.3, 0.4) is 0 Å². The molecule has 0 N–H and O–H groups in total. The second kappa shape index (κ2) is 5.01. The molecule has 0 aliphatic heterocycles. The van der Waals surface area contributed by atoms with Crippen molar-refractivity contribution >= 4 is 10.2 Å². The summed E-state index contributed by atoms with van der Waals surface area (Å²) < 4.78 is 6.34. The molecule has 0 spiro atoms. The van der Waals surface area contributed by atoms with E-state index in [-0.39, 0.29) is 5.60 Å². The van der Waals surface area contributed by atoms with Gasteiger partial charge in [0.05, 0.1) is 11.7 Å². The fourth-order valence-electron chi connectivity index (χ4n) is 3.30. The van der Waals surface area contributed by atoms with Crippen LogP contribution in [0.25, 0.3) is 0 Å². The third kappa shape index (κ3) is 3.07. The van der Waals surface area contributed by atoms with Gasteiger partial charge in [0.1, 0.15) is 0 Å². The minimum atomic E-state index is 0.248. The number of hydrogen-bond acceptors (Lipinski definition) is 1. The molecule has 0 heterocycles. The number of ether oxygens (including phenoxy) is 1. The van der Waals surface area contributed by atoms with Crippen molar-refractivity contribution in [3.63, 3.8) is 0 Å². The lowest BCUT2D eigenvalue weighted by Crippen LogP contribution is -2.33. The van der Waals surface area contributed by atoms with Crippen molar-refractivity contribution < 1.29 is 4.74 Å². The van der Waals surface area contributed by atoms with Gasteiger partial charge in [0.15, 0.2) is 0 Å². The van der Waals surface area contributed by atoms with Crippen LogP contribution in [-0.4, -0.2) is 21.9 Å². The van der Waals surface area contributed by atoms with Gasteiger partial charge in [-0.1, -0.05) is 18.9 Å². The van der Waals surface area contributed by atoms with Crippen LogP contribution in [-0.2, 0) is 4.74 Å². The summed E-state index contributed by atoms with van der Waals surface area (Å²) in [5, 5.41) is 0. The van der Waals surface area contributed by atoms with Crippen LogP contribution < -0.4 is 0 Å². The Kier molecular flexibility index (Phi) is 3.89. The largest absolute Gasteiger partial charge is 0.372 e. The van der Waals surface area contributed by atoms with Gasteiger partial charge in [-0.3, -0.25) is 0 Å². The van der Waals surface area contributed by atoms with Crippen LogP contribution >= 0.6 is 0 Å². The molecule has 0 radical (unpaired) electrons. The van der Waals surface area contributed by atoms with E-state index in [4.69, 9.17) is 4.74 Å². The summed E-state index contributed by atoms with van der Waals surface area (Å²) in [5.41, 5.74) is 0.248. The molecule has 1 nitrogen and oxygen atoms in total. The predicted octanol–water partition coefficient (Wildman–Crippen LogP) is 2.68. The minimum absolute atomic E-state index is 0.248. The van der Waals surface area contributed by atoms with Crippen molar-refractivity contribution in [1.29, 1.82) is 0 Å². The Morgan fingerprint density at radius 3 is 2.27 bits per heavy atom. The molecule has 15 heavy (non-hydrogen) atoms. The Labute approximate surface area is 97.4 Å². The van der Waals surface area contributed by atoms with E-state index in [9.17, 15) is 0 Å². The van der Waals surface area contributed by atoms with Gasteiger partial charge < -0.3 is 4.74 Å². The summed E-state index contributed by atoms with van der Waals surface area (Å²) >= 11 is 0. The molecule has 2 fully saturated rings. The van der Waals surface area contributed by atoms with Crippen molar-refractivity contribution in [3.05, 3.63) is 0 Å². The number of hydrogen-bond donors (Lipinski definition) is 0. The Bertz CT molecular complexity index is 191. The van der Waals surface area contributed by atoms with Crippen molar-refractivity contribution in [1.82, 2.24) is 0 Å². The number of rotatable bonds is 3. The maximum Gasteiger partial charge on any atom is 0.0658 e. The van der Waals surface area contributed by atoms with Gasteiger partial charge in [0, 0.05) is 10.2 Å². The quantitative estimate of drug-likeness (QED) is 0.672. The summed E-state index contributed by atoms with van der Waals surface area (Å²) in [6.45, 7) is 2.33. The highest BCUT2D eigenvalue weighted by atomic mass is 28.1. The molecular formula is C13H26OSi. The van der Waals surface area contributed by atoms with Crippen molar-refractivity contribution in [2.45, 2.75) is 76.0 Å². The van der Waals surface area contributed by atoms with Crippen LogP contribution in [0.15, 0.2) is 0 Å². The molecule has 0 aromatic rings. The molecule has 0 saturated heterocycles. The lowest BCUT2D eigenvalue weighted by atomic mass is 9.88. The Morgan fingerprint density at radius 2 is 1.73 bits per heavy atom. The standard InChI is InChI=1S/C13H26OSi/c1-13(8-2-3-9-13)14-12-6-4-11(10-15)5-7-12/h11-12H,2-10H2,1,15H3. The second-order valence-corrected chi connectivity index (χ2v) is 6.64. The molecule has 0 aromatic carbocycles. The highest BCUT2D eigenvalue weighted by Gasteiger charge is 2.33. The van der Waals surface area contributed by atoms with Crippen molar-refractivity contribution in [2.24, 2.45) is 5.92 Å². The topological polar surface area (TPSA) is 9.23 Å². The Hall–Kier alpha value is 0.177. The average molecular weight is 226 g/mol. The summed E-state index contributed by atoms with van der Waals surface area (Å²) in [6, 6.07) is 1.50. The minimum Gasteiger partial charge on any atom is -0.372 e. The van der Waals surface area contributed by atoms with E-state index in [1.54, 1.807) is 0 Å². The second-order valence-electron chi connectivity index (χ2n) is 5.83. The van der Waals surface area contributed by atoms with E-state index in [2.05, 4.69) is 6.92 Å². The molecule has 2 aliphatic carbocycles. The van der Waals surface area contributed by atoms with Crippen LogP contribution in [0.5, 0.6) is 0 Å². The zero-order valence-corrected chi connectivity index (χ0v) is 12.4. The van der Waals surface area contributed by atoms with E-state index >= 15 is 0 Å². The molecule has 0 unspecified atom stereocenters. The lowest BCUT2D eigenvalue weighted by molar-refractivity contribution is -0.0943. The Balaban J connectivity index is 1.76. The van der Waals surface area contributed by atoms with Crippen LogP contribution in [0.4, 0.5) is 0 Å². The van der Waals surface area contributed by atoms with Gasteiger partial charge in [-0.25, -0.2) is 0 Å². The molecule has 0 amide bonds. The monoisotopic (exact) mass is 226 g/mol. The molecule has 0 aromatic heterocycles. The van der Waals surface area contributed by atoms with E-state index in [1.807, 2.05) is 0 Å². The third-order valence-corrected chi connectivity index (χ3v) is 5.64. The molecule has 0 atom stereocenters. The predicted molar refractivity (Wildman–Crippen MR) is 68.5 cm³/mol. The highest BCUT2D eigenvalue weighted by Crippen LogP contribution is 2.37. The zero-order chi connectivity index (χ0) is 10.7. The molecule has 0 bridgehead atoms. The van der Waals surface area contributed by atoms with Crippen molar-refractivity contribution in [3.8, 4) is 0 Å². The van der Waals surface area contributed by atoms with Crippen LogP contribution in [0.2, 0.25) is 6.04 Å². The maximum absolute atomic E-state index is 6.34. The first-order valence-corrected chi connectivity index (χ1v) is 8.31. The van der Waals surface area contributed by atoms with E-state index in [0.717, 1.165) is 5.92 Å². The van der Waals surface area contributed by atoms with E-state index < -0.39 is 0 Å². The van der Waals surface area contributed by atoms with E-state index in [1.165, 1.54) is 67.7 Å². The van der Waals surface area contributed by atoms with E-state index in [0.29, 0.717) is 6.10 Å². The summed E-state index contributed by atoms with van der Waals surface area (Å²) in [6.07, 6.45) is 11.5. The fraction of sp³-hybridized carbons (Fsp3) is 1.00. The highest BCUT2D eigenvalue weighted by molar-refractivity contribution is 6.08. The molecule has 2 rings (SSSR count). The van der Waals surface area contributed by atoms with Gasteiger partial charge in [0.2, 0.25) is 0 Å². The smallest absolute Gasteiger partial charge is 0.0658 e. The molecular weight excluding hydrogens is 200 g/mol. The summed E-state index contributed by atoms with van der Waals surface area (Å²) in [4.78, 5) is 0. The first-order chi connectivity index (χ1) is 7.22. The van der Waals surface area contributed by atoms with Crippen LogP contribution in [0, 0.1) is 5.92 Å². The average Bonchev–Trinajstić information content (AvgIpc) is 2.66. The normalized spacial score (nSPS) is 35.8. The first kappa shape index (κ1) is 11.7. The summed E-state index contributed by atoms with van der Waals surface area (Å²) in [7, 11) is 1.39. The SMILES string of the molecule is CC1(OC2CCC(C[SiH3])CC2)CCCC1. The maximum atomic E-state index is 6.34. The molecule has 2 saturated carbocycles. The fourth-order valence-corrected chi connectivity index (χ4v) is 4.12. The summed E-state index contributed by atoms with van der Waals surface area (Å²) in [5.74, 6) is 1.05. The molecule has 2 heteroatoms. The van der Waals surface area contributed by atoms with Gasteiger partial charge in [-0.05, 0) is 51.4 Å². The van der Waals surface area contributed by atoms with Crippen LogP contribution in [0.1, 0.15) is 58.3 Å². The molecule has 88 valence electrons. The van der Waals surface area contributed by atoms with Gasteiger partial charge in [-0.15, -0.1) is 0 Å². The zero-order valence-electron chi connectivity index (χ0n) is 10.4. The first-order valence-electron chi connectivity index (χ1n) is 6.90. The third-order valence-electron chi connectivity index (χ3n) is 4.48. The molecule has 2 aliphatic rings. The van der Waals surface area contributed by atoms with Gasteiger partial charge >= 0.3 is 0 Å². The lowest BCUT2D eigenvalue weighted by Gasteiger charge is -2.35. The van der Waals surface area contributed by atoms with Gasteiger partial charge in [-0.2, -0.15) is 0 Å².